The summed E-state index contributed by atoms with van der Waals surface area (Å²) >= 11 is 5.92. The van der Waals surface area contributed by atoms with Crippen LogP contribution in [0.2, 0.25) is 5.15 Å². The number of β-amino-alcohol motifs (C(OH)–C–C–N with tert-alkyl or cyclic N) is 1. The lowest BCUT2D eigenvalue weighted by Gasteiger charge is -2.36. The molecule has 0 saturated carbocycles. The number of hydrogen-bond donors (Lipinski definition) is 1. The minimum atomic E-state index is -0.528. The average Bonchev–Trinajstić information content (AvgIpc) is 2.62. The summed E-state index contributed by atoms with van der Waals surface area (Å²) in [5.74, 6) is 1.61. The number of piperazine rings is 1. The molecule has 1 unspecified atom stereocenters. The summed E-state index contributed by atoms with van der Waals surface area (Å²) in [4.78, 5) is 12.6. The minimum absolute atomic E-state index is 0.455. The van der Waals surface area contributed by atoms with Crippen molar-refractivity contribution in [3.8, 4) is 5.75 Å². The third-order valence-corrected chi connectivity index (χ3v) is 4.43. The highest BCUT2D eigenvalue weighted by molar-refractivity contribution is 6.29. The lowest BCUT2D eigenvalue weighted by molar-refractivity contribution is 0.109. The molecule has 1 saturated heterocycles. The molecule has 0 bridgehead atoms. The van der Waals surface area contributed by atoms with E-state index >= 15 is 0 Å². The molecule has 1 N–H and O–H groups in total. The highest BCUT2D eigenvalue weighted by atomic mass is 35.5. The molecular formula is C17H21ClN4O2. The standard InChI is InChI=1S/C17H21ClN4O2/c1-24-14-4-2-3-13(9-14)15(23)11-21-5-7-22(8-6-21)17-10-16(18)19-12-20-17/h2-4,9-10,12,15,23H,5-8,11H2,1H3. The van der Waals surface area contributed by atoms with Gasteiger partial charge in [0.1, 0.15) is 23.0 Å². The maximum atomic E-state index is 10.5. The molecule has 24 heavy (non-hydrogen) atoms. The Hall–Kier alpha value is -1.89. The molecule has 0 spiro atoms. The number of aliphatic hydroxyl groups excluding tert-OH is 1. The Morgan fingerprint density at radius 3 is 2.71 bits per heavy atom. The zero-order valence-electron chi connectivity index (χ0n) is 13.6. The van der Waals surface area contributed by atoms with Gasteiger partial charge in [0.05, 0.1) is 13.2 Å². The average molecular weight is 349 g/mol. The molecule has 1 atom stereocenters. The Labute approximate surface area is 146 Å². The van der Waals surface area contributed by atoms with Crippen LogP contribution in [-0.2, 0) is 0 Å². The Bertz CT molecular complexity index is 677. The first-order chi connectivity index (χ1) is 11.7. The summed E-state index contributed by atoms with van der Waals surface area (Å²) in [6, 6.07) is 9.36. The van der Waals surface area contributed by atoms with Crippen molar-refractivity contribution in [2.24, 2.45) is 0 Å². The number of benzene rings is 1. The molecule has 1 aliphatic rings. The fraction of sp³-hybridized carbons (Fsp3) is 0.412. The molecule has 6 nitrogen and oxygen atoms in total. The molecule has 1 fully saturated rings. The van der Waals surface area contributed by atoms with Gasteiger partial charge in [-0.15, -0.1) is 0 Å². The van der Waals surface area contributed by atoms with Crippen LogP contribution in [0.4, 0.5) is 5.82 Å². The van der Waals surface area contributed by atoms with Crippen molar-refractivity contribution in [3.05, 3.63) is 47.4 Å². The summed E-state index contributed by atoms with van der Waals surface area (Å²) in [5, 5.41) is 10.9. The molecule has 2 aromatic rings. The van der Waals surface area contributed by atoms with Crippen molar-refractivity contribution in [1.82, 2.24) is 14.9 Å². The Morgan fingerprint density at radius 1 is 1.21 bits per heavy atom. The number of ether oxygens (including phenoxy) is 1. The molecule has 7 heteroatoms. The number of rotatable bonds is 5. The van der Waals surface area contributed by atoms with Gasteiger partial charge in [-0.25, -0.2) is 9.97 Å². The maximum Gasteiger partial charge on any atom is 0.134 e. The highest BCUT2D eigenvalue weighted by Gasteiger charge is 2.21. The second kappa shape index (κ2) is 7.79. The quantitative estimate of drug-likeness (QED) is 0.834. The van der Waals surface area contributed by atoms with E-state index in [2.05, 4.69) is 19.8 Å². The normalized spacial score (nSPS) is 16.9. The van der Waals surface area contributed by atoms with E-state index < -0.39 is 6.10 Å². The van der Waals surface area contributed by atoms with Crippen molar-refractivity contribution in [2.45, 2.75) is 6.10 Å². The van der Waals surface area contributed by atoms with E-state index in [1.165, 1.54) is 6.33 Å². The Kier molecular flexibility index (Phi) is 5.50. The predicted molar refractivity (Wildman–Crippen MR) is 93.6 cm³/mol. The van der Waals surface area contributed by atoms with Gasteiger partial charge >= 0.3 is 0 Å². The molecule has 3 rings (SSSR count). The van der Waals surface area contributed by atoms with Gasteiger partial charge in [0, 0.05) is 38.8 Å². The third-order valence-electron chi connectivity index (χ3n) is 4.23. The number of methoxy groups -OCH3 is 1. The number of halogens is 1. The van der Waals surface area contributed by atoms with Crippen LogP contribution in [0.1, 0.15) is 11.7 Å². The van der Waals surface area contributed by atoms with Gasteiger partial charge in [0.25, 0.3) is 0 Å². The van der Waals surface area contributed by atoms with Crippen molar-refractivity contribution in [3.63, 3.8) is 0 Å². The van der Waals surface area contributed by atoms with Crippen molar-refractivity contribution < 1.29 is 9.84 Å². The first-order valence-electron chi connectivity index (χ1n) is 7.92. The van der Waals surface area contributed by atoms with Crippen molar-refractivity contribution in [1.29, 1.82) is 0 Å². The van der Waals surface area contributed by atoms with Crippen LogP contribution in [0.15, 0.2) is 36.7 Å². The first kappa shape index (κ1) is 17.0. The van der Waals surface area contributed by atoms with Crippen LogP contribution in [0, 0.1) is 0 Å². The zero-order valence-corrected chi connectivity index (χ0v) is 14.4. The van der Waals surface area contributed by atoms with Crippen LogP contribution in [0.5, 0.6) is 5.75 Å². The van der Waals surface area contributed by atoms with Gasteiger partial charge in [0.2, 0.25) is 0 Å². The molecule has 1 aromatic heterocycles. The van der Waals surface area contributed by atoms with Crippen LogP contribution in [-0.4, -0.2) is 59.8 Å². The summed E-state index contributed by atoms with van der Waals surface area (Å²) in [6.07, 6.45) is 0.955. The number of aliphatic hydroxyl groups is 1. The number of nitrogens with zero attached hydrogens (tertiary/aromatic N) is 4. The summed E-state index contributed by atoms with van der Waals surface area (Å²) < 4.78 is 5.21. The van der Waals surface area contributed by atoms with Gasteiger partial charge in [0.15, 0.2) is 0 Å². The zero-order chi connectivity index (χ0) is 16.9. The highest BCUT2D eigenvalue weighted by Crippen LogP contribution is 2.21. The molecule has 2 heterocycles. The maximum absolute atomic E-state index is 10.5. The molecule has 0 aliphatic carbocycles. The molecule has 1 aromatic carbocycles. The van der Waals surface area contributed by atoms with Crippen LogP contribution in [0.3, 0.4) is 0 Å². The van der Waals surface area contributed by atoms with Crippen LogP contribution >= 0.6 is 11.6 Å². The van der Waals surface area contributed by atoms with E-state index in [0.717, 1.165) is 43.3 Å². The van der Waals surface area contributed by atoms with Crippen LogP contribution in [0.25, 0.3) is 0 Å². The lowest BCUT2D eigenvalue weighted by Crippen LogP contribution is -2.47. The molecule has 128 valence electrons. The van der Waals surface area contributed by atoms with E-state index in [9.17, 15) is 5.11 Å². The van der Waals surface area contributed by atoms with Crippen molar-refractivity contribution in [2.75, 3.05) is 44.7 Å². The van der Waals surface area contributed by atoms with Crippen LogP contribution < -0.4 is 9.64 Å². The van der Waals surface area contributed by atoms with E-state index in [-0.39, 0.29) is 0 Å². The molecule has 0 radical (unpaired) electrons. The van der Waals surface area contributed by atoms with E-state index in [4.69, 9.17) is 16.3 Å². The van der Waals surface area contributed by atoms with E-state index in [0.29, 0.717) is 11.7 Å². The monoisotopic (exact) mass is 348 g/mol. The summed E-state index contributed by atoms with van der Waals surface area (Å²) in [6.45, 7) is 4.02. The fourth-order valence-corrected chi connectivity index (χ4v) is 3.00. The van der Waals surface area contributed by atoms with Gasteiger partial charge in [-0.1, -0.05) is 23.7 Å². The first-order valence-corrected chi connectivity index (χ1v) is 8.30. The molecular weight excluding hydrogens is 328 g/mol. The fourth-order valence-electron chi connectivity index (χ4n) is 2.86. The van der Waals surface area contributed by atoms with Gasteiger partial charge < -0.3 is 14.7 Å². The Balaban J connectivity index is 1.55. The Morgan fingerprint density at radius 2 is 2.00 bits per heavy atom. The summed E-state index contributed by atoms with van der Waals surface area (Å²) in [7, 11) is 1.63. The topological polar surface area (TPSA) is 61.7 Å². The lowest BCUT2D eigenvalue weighted by atomic mass is 10.1. The minimum Gasteiger partial charge on any atom is -0.497 e. The largest absolute Gasteiger partial charge is 0.497 e. The number of hydrogen-bond acceptors (Lipinski definition) is 6. The van der Waals surface area contributed by atoms with Crippen molar-refractivity contribution >= 4 is 17.4 Å². The SMILES string of the molecule is COc1cccc(C(O)CN2CCN(c3cc(Cl)ncn3)CC2)c1. The van der Waals surface area contributed by atoms with E-state index in [1.54, 1.807) is 13.2 Å². The smallest absolute Gasteiger partial charge is 0.134 e. The van der Waals surface area contributed by atoms with Gasteiger partial charge in [-0.05, 0) is 17.7 Å². The molecule has 0 amide bonds. The summed E-state index contributed by atoms with van der Waals surface area (Å²) in [5.41, 5.74) is 0.874. The second-order valence-electron chi connectivity index (χ2n) is 5.78. The third kappa shape index (κ3) is 4.14. The predicted octanol–water partition coefficient (Wildman–Crippen LogP) is 1.99. The van der Waals surface area contributed by atoms with E-state index in [1.807, 2.05) is 24.3 Å². The van der Waals surface area contributed by atoms with Gasteiger partial charge in [-0.3, -0.25) is 4.90 Å². The van der Waals surface area contributed by atoms with Gasteiger partial charge in [-0.2, -0.15) is 0 Å². The second-order valence-corrected chi connectivity index (χ2v) is 6.17. The molecule has 1 aliphatic heterocycles. The number of anilines is 1. The number of aromatic nitrogens is 2.